The van der Waals surface area contributed by atoms with Crippen molar-refractivity contribution in [2.24, 2.45) is 0 Å². The summed E-state index contributed by atoms with van der Waals surface area (Å²) < 4.78 is 0. The van der Waals surface area contributed by atoms with Crippen LogP contribution < -0.4 is 0 Å². The van der Waals surface area contributed by atoms with Gasteiger partial charge in [0.2, 0.25) is 0 Å². The van der Waals surface area contributed by atoms with E-state index >= 15 is 0 Å². The van der Waals surface area contributed by atoms with Crippen LogP contribution in [0.4, 0.5) is 0 Å². The predicted octanol–water partition coefficient (Wildman–Crippen LogP) is -5.05. The van der Waals surface area contributed by atoms with E-state index in [9.17, 15) is 4.79 Å². The number of rotatable bonds is 7. The molecule has 0 amide bonds. The minimum atomic E-state index is -1.79. The Hall–Kier alpha value is -0.650. The molecule has 0 aromatic carbocycles. The van der Waals surface area contributed by atoms with Crippen molar-refractivity contribution in [3.63, 3.8) is 0 Å². The second-order valence-corrected chi connectivity index (χ2v) is 3.38. The standard InChI is InChI=1S/C6H12O6.C3H8O3/c7-1-3(9)5(11)6(12)4(10)2-8;4-1-3(6)2-5/h1,3-6,8-12H,2H2;3-6H,1-2H2/t3-,4+,5+,6+;/m0./s1. The average Bonchev–Trinajstić information content (AvgIpc) is 2.43. The van der Waals surface area contributed by atoms with E-state index in [0.717, 1.165) is 0 Å². The first kappa shape index (κ1) is 19.7. The molecule has 0 unspecified atom stereocenters. The summed E-state index contributed by atoms with van der Waals surface area (Å²) in [4.78, 5) is 9.90. The highest BCUT2D eigenvalue weighted by atomic mass is 16.4. The molecule has 0 bridgehead atoms. The van der Waals surface area contributed by atoms with E-state index in [0.29, 0.717) is 0 Å². The van der Waals surface area contributed by atoms with Crippen molar-refractivity contribution in [2.45, 2.75) is 30.5 Å². The summed E-state index contributed by atoms with van der Waals surface area (Å²) in [7, 11) is 0. The highest BCUT2D eigenvalue weighted by Gasteiger charge is 2.29. The molecule has 0 aliphatic heterocycles. The Bertz CT molecular complexity index is 196. The first-order valence-electron chi connectivity index (χ1n) is 5.03. The summed E-state index contributed by atoms with van der Waals surface area (Å²) >= 11 is 0. The Morgan fingerprint density at radius 2 is 1.22 bits per heavy atom. The number of aldehydes is 1. The Morgan fingerprint density at radius 1 is 0.778 bits per heavy atom. The highest BCUT2D eigenvalue weighted by Crippen LogP contribution is 2.02. The van der Waals surface area contributed by atoms with Gasteiger partial charge in [-0.3, -0.25) is 0 Å². The molecule has 0 radical (unpaired) electrons. The van der Waals surface area contributed by atoms with Gasteiger partial charge in [0.1, 0.15) is 30.5 Å². The summed E-state index contributed by atoms with van der Waals surface area (Å²) in [6.45, 7) is -1.49. The van der Waals surface area contributed by atoms with Gasteiger partial charge in [0.15, 0.2) is 6.29 Å². The largest absolute Gasteiger partial charge is 0.394 e. The molecule has 8 N–H and O–H groups in total. The third-order valence-electron chi connectivity index (χ3n) is 1.84. The number of hydrogen-bond acceptors (Lipinski definition) is 9. The molecule has 0 aromatic heterocycles. The second kappa shape index (κ2) is 11.4. The molecule has 0 spiro atoms. The molecule has 0 aliphatic rings. The average molecular weight is 272 g/mol. The van der Waals surface area contributed by atoms with E-state index in [1.807, 2.05) is 0 Å². The fraction of sp³-hybridized carbons (Fsp3) is 0.889. The second-order valence-electron chi connectivity index (χ2n) is 3.38. The topological polar surface area (TPSA) is 179 Å². The Balaban J connectivity index is 0. The van der Waals surface area contributed by atoms with E-state index in [2.05, 4.69) is 0 Å². The maximum atomic E-state index is 9.90. The van der Waals surface area contributed by atoms with Gasteiger partial charge >= 0.3 is 0 Å². The summed E-state index contributed by atoms with van der Waals surface area (Å²) in [6.07, 6.45) is -7.79. The molecule has 4 atom stereocenters. The lowest BCUT2D eigenvalue weighted by atomic mass is 10.0. The van der Waals surface area contributed by atoms with Crippen molar-refractivity contribution < 1.29 is 45.6 Å². The molecule has 0 rings (SSSR count). The molecule has 0 fully saturated rings. The zero-order valence-corrected chi connectivity index (χ0v) is 9.57. The third-order valence-corrected chi connectivity index (χ3v) is 1.84. The van der Waals surface area contributed by atoms with Crippen molar-refractivity contribution in [2.75, 3.05) is 19.8 Å². The van der Waals surface area contributed by atoms with Crippen molar-refractivity contribution in [3.8, 4) is 0 Å². The van der Waals surface area contributed by atoms with Crippen LogP contribution in [0.2, 0.25) is 0 Å². The van der Waals surface area contributed by atoms with Gasteiger partial charge in [-0.15, -0.1) is 0 Å². The van der Waals surface area contributed by atoms with Crippen molar-refractivity contribution >= 4 is 6.29 Å². The van der Waals surface area contributed by atoms with Gasteiger partial charge in [-0.1, -0.05) is 0 Å². The Kier molecular flexibility index (Phi) is 12.5. The van der Waals surface area contributed by atoms with Crippen LogP contribution in [0.5, 0.6) is 0 Å². The molecular formula is C9H20O9. The van der Waals surface area contributed by atoms with Gasteiger partial charge in [-0.05, 0) is 0 Å². The van der Waals surface area contributed by atoms with Gasteiger partial charge < -0.3 is 45.6 Å². The van der Waals surface area contributed by atoms with Crippen LogP contribution >= 0.6 is 0 Å². The summed E-state index contributed by atoms with van der Waals surface area (Å²) in [5.74, 6) is 0. The van der Waals surface area contributed by atoms with Crippen molar-refractivity contribution in [3.05, 3.63) is 0 Å². The van der Waals surface area contributed by atoms with Crippen LogP contribution in [0.25, 0.3) is 0 Å². The van der Waals surface area contributed by atoms with Crippen LogP contribution in [0.1, 0.15) is 0 Å². The molecule has 0 saturated carbocycles. The summed E-state index contributed by atoms with van der Waals surface area (Å²) in [5, 5.41) is 67.6. The molecule has 0 aromatic rings. The van der Waals surface area contributed by atoms with Crippen LogP contribution in [0, 0.1) is 0 Å². The summed E-state index contributed by atoms with van der Waals surface area (Å²) in [6, 6.07) is 0. The van der Waals surface area contributed by atoms with Gasteiger partial charge in [-0.2, -0.15) is 0 Å². The lowest BCUT2D eigenvalue weighted by Crippen LogP contribution is -2.46. The molecule has 9 nitrogen and oxygen atoms in total. The molecular weight excluding hydrogens is 252 g/mol. The van der Waals surface area contributed by atoms with Crippen molar-refractivity contribution in [1.29, 1.82) is 0 Å². The van der Waals surface area contributed by atoms with E-state index in [1.165, 1.54) is 0 Å². The lowest BCUT2D eigenvalue weighted by molar-refractivity contribution is -0.136. The number of carbonyl (C=O) groups is 1. The highest BCUT2D eigenvalue weighted by molar-refractivity contribution is 5.56. The number of hydrogen-bond donors (Lipinski definition) is 8. The normalized spacial score (nSPS) is 17.4. The Labute approximate surface area is 103 Å². The van der Waals surface area contributed by atoms with Crippen LogP contribution in [-0.4, -0.2) is 97.5 Å². The number of carbonyl (C=O) groups excluding carboxylic acids is 1. The zero-order valence-electron chi connectivity index (χ0n) is 9.57. The fourth-order valence-electron chi connectivity index (χ4n) is 0.676. The molecule has 0 aliphatic carbocycles. The lowest BCUT2D eigenvalue weighted by Gasteiger charge is -2.22. The van der Waals surface area contributed by atoms with Crippen LogP contribution in [0.3, 0.4) is 0 Å². The molecule has 0 heterocycles. The molecule has 9 heteroatoms. The van der Waals surface area contributed by atoms with Crippen LogP contribution in [0.15, 0.2) is 0 Å². The summed E-state index contributed by atoms with van der Waals surface area (Å²) in [5.41, 5.74) is 0. The number of aliphatic hydroxyl groups is 8. The van der Waals surface area contributed by atoms with Crippen LogP contribution in [-0.2, 0) is 4.79 Å². The van der Waals surface area contributed by atoms with Crippen molar-refractivity contribution in [1.82, 2.24) is 0 Å². The van der Waals surface area contributed by atoms with E-state index in [-0.39, 0.29) is 19.5 Å². The van der Waals surface area contributed by atoms with Gasteiger partial charge in [0.25, 0.3) is 0 Å². The molecule has 0 saturated heterocycles. The zero-order chi connectivity index (χ0) is 14.7. The predicted molar refractivity (Wildman–Crippen MR) is 57.4 cm³/mol. The smallest absolute Gasteiger partial charge is 0.151 e. The van der Waals surface area contributed by atoms with E-state index in [4.69, 9.17) is 40.9 Å². The molecule has 18 heavy (non-hydrogen) atoms. The molecule has 110 valence electrons. The SMILES string of the molecule is O=C[C@H](O)[C@@H](O)[C@H](O)[C@H](O)CO.OCC(O)CO. The van der Waals surface area contributed by atoms with Gasteiger partial charge in [0, 0.05) is 0 Å². The van der Waals surface area contributed by atoms with Gasteiger partial charge in [-0.25, -0.2) is 0 Å². The minimum absolute atomic E-state index is 0.0258. The van der Waals surface area contributed by atoms with E-state index < -0.39 is 37.1 Å². The third kappa shape index (κ3) is 8.44. The van der Waals surface area contributed by atoms with E-state index in [1.54, 1.807) is 0 Å². The monoisotopic (exact) mass is 272 g/mol. The number of aliphatic hydroxyl groups excluding tert-OH is 8. The fourth-order valence-corrected chi connectivity index (χ4v) is 0.676. The first-order valence-corrected chi connectivity index (χ1v) is 5.03. The maximum Gasteiger partial charge on any atom is 0.151 e. The van der Waals surface area contributed by atoms with Gasteiger partial charge in [0.05, 0.1) is 19.8 Å². The quantitative estimate of drug-likeness (QED) is 0.210. The first-order chi connectivity index (χ1) is 8.35. The Morgan fingerprint density at radius 3 is 1.44 bits per heavy atom. The maximum absolute atomic E-state index is 9.90. The minimum Gasteiger partial charge on any atom is -0.394 e.